The zero-order valence-corrected chi connectivity index (χ0v) is 47.0. The van der Waals surface area contributed by atoms with E-state index in [1.54, 1.807) is 6.08 Å². The molecule has 0 aromatic rings. The molecule has 0 spiro atoms. The molecular formula is C62H121NO8. The largest absolute Gasteiger partial charge is 0.394 e. The van der Waals surface area contributed by atoms with Crippen LogP contribution in [0.1, 0.15) is 322 Å². The Balaban J connectivity index is 2.13. The Morgan fingerprint density at radius 1 is 0.465 bits per heavy atom. The maximum absolute atomic E-state index is 13.0. The van der Waals surface area contributed by atoms with E-state index in [0.29, 0.717) is 6.42 Å². The monoisotopic (exact) mass is 1010 g/mol. The van der Waals surface area contributed by atoms with Gasteiger partial charge in [-0.15, -0.1) is 0 Å². The summed E-state index contributed by atoms with van der Waals surface area (Å²) in [6.45, 7) is 3.82. The predicted molar refractivity (Wildman–Crippen MR) is 300 cm³/mol. The number of rotatable bonds is 55. The molecule has 1 saturated heterocycles. The molecule has 1 aliphatic heterocycles. The van der Waals surface area contributed by atoms with Gasteiger partial charge in [0.15, 0.2) is 6.29 Å². The van der Waals surface area contributed by atoms with Crippen molar-refractivity contribution in [1.29, 1.82) is 0 Å². The topological polar surface area (TPSA) is 149 Å². The van der Waals surface area contributed by atoms with E-state index in [-0.39, 0.29) is 12.5 Å². The van der Waals surface area contributed by atoms with Crippen LogP contribution in [0.4, 0.5) is 0 Å². The fraction of sp³-hybridized carbons (Fsp3) is 0.952. The first-order valence-electron chi connectivity index (χ1n) is 31.4. The molecule has 7 unspecified atom stereocenters. The van der Waals surface area contributed by atoms with Crippen LogP contribution >= 0.6 is 0 Å². The lowest BCUT2D eigenvalue weighted by atomic mass is 9.99. The number of ether oxygens (including phenoxy) is 2. The number of aliphatic hydroxyl groups excluding tert-OH is 5. The summed E-state index contributed by atoms with van der Waals surface area (Å²) in [5, 5.41) is 54.6. The maximum Gasteiger partial charge on any atom is 0.220 e. The Kier molecular flexibility index (Phi) is 50.1. The van der Waals surface area contributed by atoms with Crippen LogP contribution in [-0.2, 0) is 14.3 Å². The third kappa shape index (κ3) is 41.8. The second kappa shape index (κ2) is 52.4. The van der Waals surface area contributed by atoms with Crippen molar-refractivity contribution in [3.05, 3.63) is 12.2 Å². The number of unbranched alkanes of at least 4 members (excludes halogenated alkanes) is 45. The maximum atomic E-state index is 13.0. The first-order valence-corrected chi connectivity index (χ1v) is 31.4. The lowest BCUT2D eigenvalue weighted by molar-refractivity contribution is -0.302. The number of amides is 1. The smallest absolute Gasteiger partial charge is 0.220 e. The lowest BCUT2D eigenvalue weighted by Crippen LogP contribution is -2.60. The summed E-state index contributed by atoms with van der Waals surface area (Å²) in [4.78, 5) is 13.0. The van der Waals surface area contributed by atoms with Crippen molar-refractivity contribution in [1.82, 2.24) is 5.32 Å². The van der Waals surface area contributed by atoms with E-state index in [0.717, 1.165) is 38.5 Å². The molecule has 0 aliphatic carbocycles. The normalized spacial score (nSPS) is 19.2. The van der Waals surface area contributed by atoms with E-state index in [1.807, 2.05) is 6.08 Å². The Morgan fingerprint density at radius 2 is 0.775 bits per heavy atom. The Bertz CT molecular complexity index is 1120. The van der Waals surface area contributed by atoms with Gasteiger partial charge in [-0.2, -0.15) is 0 Å². The summed E-state index contributed by atoms with van der Waals surface area (Å²) >= 11 is 0. The number of hydrogen-bond donors (Lipinski definition) is 6. The van der Waals surface area contributed by atoms with Crippen molar-refractivity contribution >= 4 is 5.91 Å². The summed E-state index contributed by atoms with van der Waals surface area (Å²) in [5.41, 5.74) is 0. The van der Waals surface area contributed by atoms with Gasteiger partial charge in [-0.25, -0.2) is 0 Å². The molecule has 0 radical (unpaired) electrons. The third-order valence-corrected chi connectivity index (χ3v) is 15.4. The van der Waals surface area contributed by atoms with Crippen LogP contribution < -0.4 is 5.32 Å². The van der Waals surface area contributed by atoms with E-state index in [9.17, 15) is 30.3 Å². The molecular weight excluding hydrogens is 887 g/mol. The Morgan fingerprint density at radius 3 is 1.10 bits per heavy atom. The van der Waals surface area contributed by atoms with Crippen LogP contribution in [0, 0.1) is 0 Å². The van der Waals surface area contributed by atoms with Crippen LogP contribution in [0.15, 0.2) is 12.2 Å². The zero-order chi connectivity index (χ0) is 51.5. The minimum Gasteiger partial charge on any atom is -0.394 e. The summed E-state index contributed by atoms with van der Waals surface area (Å²) in [7, 11) is 0. The standard InChI is InChI=1S/C62H121NO8/c1-3-5-7-9-11-13-15-17-19-21-22-23-24-25-26-27-28-29-30-31-32-33-34-35-36-37-39-41-43-45-47-49-51-56(65)55(54-70-62-61(69)60(68)59(67)57(53-64)71-62)63-58(66)52-50-48-46-44-42-40-38-20-18-16-14-12-10-8-6-4-2/h49,51,55-57,59-62,64-65,67-69H,3-48,50,52-54H2,1-2H3,(H,63,66)/b51-49+. The van der Waals surface area contributed by atoms with Crippen LogP contribution in [0.25, 0.3) is 0 Å². The number of carbonyl (C=O) groups is 1. The lowest BCUT2D eigenvalue weighted by Gasteiger charge is -2.40. The van der Waals surface area contributed by atoms with Gasteiger partial charge in [0.05, 0.1) is 25.4 Å². The Hall–Kier alpha value is -1.07. The third-order valence-electron chi connectivity index (χ3n) is 15.4. The molecule has 71 heavy (non-hydrogen) atoms. The van der Waals surface area contributed by atoms with Crippen LogP contribution in [0.5, 0.6) is 0 Å². The zero-order valence-electron chi connectivity index (χ0n) is 47.0. The van der Waals surface area contributed by atoms with E-state index >= 15 is 0 Å². The number of aliphatic hydroxyl groups is 5. The second-order valence-electron chi connectivity index (χ2n) is 22.2. The fourth-order valence-corrected chi connectivity index (χ4v) is 10.4. The van der Waals surface area contributed by atoms with Gasteiger partial charge in [-0.1, -0.05) is 309 Å². The van der Waals surface area contributed by atoms with Gasteiger partial charge in [-0.3, -0.25) is 4.79 Å². The van der Waals surface area contributed by atoms with E-state index < -0.39 is 49.5 Å². The molecule has 7 atom stereocenters. The van der Waals surface area contributed by atoms with Crippen molar-refractivity contribution in [3.63, 3.8) is 0 Å². The van der Waals surface area contributed by atoms with Gasteiger partial charge in [-0.05, 0) is 19.3 Å². The number of nitrogens with one attached hydrogen (secondary N) is 1. The van der Waals surface area contributed by atoms with Crippen LogP contribution in [-0.4, -0.2) is 87.5 Å². The van der Waals surface area contributed by atoms with Crippen molar-refractivity contribution in [2.45, 2.75) is 365 Å². The highest BCUT2D eigenvalue weighted by Crippen LogP contribution is 2.23. The molecule has 9 nitrogen and oxygen atoms in total. The van der Waals surface area contributed by atoms with E-state index in [2.05, 4.69) is 19.2 Å². The molecule has 0 aromatic carbocycles. The number of carbonyl (C=O) groups excluding carboxylic acids is 1. The molecule has 0 saturated carbocycles. The van der Waals surface area contributed by atoms with Crippen molar-refractivity contribution in [3.8, 4) is 0 Å². The molecule has 1 amide bonds. The van der Waals surface area contributed by atoms with Crippen molar-refractivity contribution in [2.75, 3.05) is 13.2 Å². The van der Waals surface area contributed by atoms with Gasteiger partial charge in [0.2, 0.25) is 5.91 Å². The van der Waals surface area contributed by atoms with Gasteiger partial charge in [0.25, 0.3) is 0 Å². The van der Waals surface area contributed by atoms with Crippen LogP contribution in [0.3, 0.4) is 0 Å². The summed E-state index contributed by atoms with van der Waals surface area (Å²) in [6.07, 6.45) is 58.8. The van der Waals surface area contributed by atoms with Gasteiger partial charge in [0, 0.05) is 6.42 Å². The molecule has 1 heterocycles. The number of hydrogen-bond acceptors (Lipinski definition) is 8. The summed E-state index contributed by atoms with van der Waals surface area (Å²) in [6, 6.07) is -0.800. The molecule has 1 aliphatic rings. The molecule has 1 fully saturated rings. The van der Waals surface area contributed by atoms with E-state index in [4.69, 9.17) is 9.47 Å². The SMILES string of the molecule is CCCCCCCCCCCCCCCCCCCCCCCCCCCCCCCC/C=C/C(O)C(COC1OC(CO)C(O)C(O)C1O)NC(=O)CCCCCCCCCCCCCCCCCC. The highest BCUT2D eigenvalue weighted by Gasteiger charge is 2.44. The second-order valence-corrected chi connectivity index (χ2v) is 22.2. The predicted octanol–water partition coefficient (Wildman–Crippen LogP) is 16.0. The molecule has 0 aromatic heterocycles. The molecule has 422 valence electrons. The van der Waals surface area contributed by atoms with Crippen molar-refractivity contribution < 1.29 is 39.8 Å². The van der Waals surface area contributed by atoms with Gasteiger partial charge in [0.1, 0.15) is 24.4 Å². The average molecular weight is 1010 g/mol. The fourth-order valence-electron chi connectivity index (χ4n) is 10.4. The number of allylic oxidation sites excluding steroid dienone is 1. The highest BCUT2D eigenvalue weighted by atomic mass is 16.7. The van der Waals surface area contributed by atoms with Crippen molar-refractivity contribution in [2.24, 2.45) is 0 Å². The highest BCUT2D eigenvalue weighted by molar-refractivity contribution is 5.76. The summed E-state index contributed by atoms with van der Waals surface area (Å²) < 4.78 is 11.3. The Labute approximate surface area is 439 Å². The molecule has 1 rings (SSSR count). The minimum atomic E-state index is -1.56. The molecule has 9 heteroatoms. The quantitative estimate of drug-likeness (QED) is 0.0261. The van der Waals surface area contributed by atoms with E-state index in [1.165, 1.54) is 263 Å². The van der Waals surface area contributed by atoms with Crippen LogP contribution in [0.2, 0.25) is 0 Å². The minimum absolute atomic E-state index is 0.170. The van der Waals surface area contributed by atoms with Gasteiger partial charge >= 0.3 is 0 Å². The summed E-state index contributed by atoms with van der Waals surface area (Å²) in [5.74, 6) is -0.170. The molecule has 0 bridgehead atoms. The molecule has 6 N–H and O–H groups in total. The van der Waals surface area contributed by atoms with Gasteiger partial charge < -0.3 is 40.3 Å². The first-order chi connectivity index (χ1) is 34.8. The average Bonchev–Trinajstić information content (AvgIpc) is 3.37. The first kappa shape index (κ1) is 67.9.